The van der Waals surface area contributed by atoms with E-state index in [4.69, 9.17) is 57.3 Å². The van der Waals surface area contributed by atoms with E-state index >= 15 is 0 Å². The molecular formula is C10H26N10O6. The zero-order valence-corrected chi connectivity index (χ0v) is 13.8. The third-order valence-corrected chi connectivity index (χ3v) is 2.19. The van der Waals surface area contributed by atoms with Gasteiger partial charge in [0.15, 0.2) is 0 Å². The smallest absolute Gasteiger partial charge is 0.316 e. The molecule has 0 atom stereocenters. The Morgan fingerprint density at radius 1 is 0.538 bits per heavy atom. The summed E-state index contributed by atoms with van der Waals surface area (Å²) in [5.74, 6) is -12.3. The molecule has 0 aromatic heterocycles. The average molecular weight is 382 g/mol. The Labute approximate surface area is 147 Å². The van der Waals surface area contributed by atoms with Gasteiger partial charge in [-0.2, -0.15) is 0 Å². The van der Waals surface area contributed by atoms with Crippen LogP contribution < -0.4 is 57.3 Å². The van der Waals surface area contributed by atoms with Crippen molar-refractivity contribution in [3.8, 4) is 0 Å². The lowest BCUT2D eigenvalue weighted by atomic mass is 10.2. The minimum absolute atomic E-state index is 0.652. The van der Waals surface area contributed by atoms with E-state index in [1.54, 1.807) is 0 Å². The number of hydrogen-bond acceptors (Lipinski definition) is 16. The zero-order valence-electron chi connectivity index (χ0n) is 13.8. The van der Waals surface area contributed by atoms with Crippen LogP contribution in [0.4, 0.5) is 0 Å². The van der Waals surface area contributed by atoms with Crippen LogP contribution in [-0.4, -0.2) is 41.4 Å². The molecule has 0 aromatic rings. The molecule has 0 unspecified atom stereocenters. The van der Waals surface area contributed by atoms with Gasteiger partial charge in [0.25, 0.3) is 5.97 Å². The first-order valence-corrected chi connectivity index (χ1v) is 6.85. The van der Waals surface area contributed by atoms with Crippen LogP contribution in [0.3, 0.4) is 0 Å². The monoisotopic (exact) mass is 382 g/mol. The Kier molecular flexibility index (Phi) is 7.52. The fourth-order valence-electron chi connectivity index (χ4n) is 1.50. The minimum atomic E-state index is -2.35. The maximum absolute atomic E-state index is 11.8. The van der Waals surface area contributed by atoms with E-state index in [9.17, 15) is 14.4 Å². The molecule has 0 heterocycles. The van der Waals surface area contributed by atoms with Crippen LogP contribution in [-0.2, 0) is 28.6 Å². The van der Waals surface area contributed by atoms with Crippen molar-refractivity contribution in [1.82, 2.24) is 0 Å². The second-order valence-corrected chi connectivity index (χ2v) is 5.83. The van der Waals surface area contributed by atoms with Gasteiger partial charge in [-0.15, -0.1) is 0 Å². The van der Waals surface area contributed by atoms with Gasteiger partial charge in [0.1, 0.15) is 18.6 Å². The maximum atomic E-state index is 11.8. The van der Waals surface area contributed by atoms with E-state index in [-0.39, 0.29) is 0 Å². The first-order valence-electron chi connectivity index (χ1n) is 6.85. The Bertz CT molecular complexity index is 491. The van der Waals surface area contributed by atoms with Crippen LogP contribution in [0.2, 0.25) is 0 Å². The fraction of sp³-hybridized carbons (Fsp3) is 0.700. The summed E-state index contributed by atoms with van der Waals surface area (Å²) in [6.07, 6.45) is -2.42. The Morgan fingerprint density at radius 2 is 0.846 bits per heavy atom. The molecule has 0 aliphatic heterocycles. The summed E-state index contributed by atoms with van der Waals surface area (Å²) >= 11 is 0. The van der Waals surface area contributed by atoms with E-state index in [1.165, 1.54) is 0 Å². The second kappa shape index (κ2) is 8.14. The van der Waals surface area contributed by atoms with Crippen molar-refractivity contribution in [2.75, 3.05) is 0 Å². The Balaban J connectivity index is 4.65. The van der Waals surface area contributed by atoms with Gasteiger partial charge in [-0.1, -0.05) is 0 Å². The quantitative estimate of drug-likeness (QED) is 0.100. The number of hydrogen-bond donors (Lipinski definition) is 10. The second-order valence-electron chi connectivity index (χ2n) is 5.83. The van der Waals surface area contributed by atoms with Gasteiger partial charge >= 0.3 is 17.9 Å². The summed E-state index contributed by atoms with van der Waals surface area (Å²) in [7, 11) is 0. The summed E-state index contributed by atoms with van der Waals surface area (Å²) in [6, 6.07) is 0. The molecule has 0 radical (unpaired) electrons. The lowest BCUT2D eigenvalue weighted by Crippen LogP contribution is -2.63. The SMILES string of the molecule is NC(N)(N)CC(=O)OC(N)(N)CC(=O)OC(N)(N)CC(=O)OC(N)(N)N. The highest BCUT2D eigenvalue weighted by Gasteiger charge is 2.36. The standard InChI is InChI=1S/C10H26N10O6/c11-7(12,13)1-4(21)24-8(14,15)2-5(22)25-9(16,17)3-6(23)26-10(18,19)20/h1-3,11-20H2. The predicted octanol–water partition coefficient (Wildman–Crippen LogP) is -7.05. The van der Waals surface area contributed by atoms with Crippen LogP contribution in [0.5, 0.6) is 0 Å². The molecule has 16 heteroatoms. The van der Waals surface area contributed by atoms with Crippen LogP contribution in [0, 0.1) is 0 Å². The summed E-state index contributed by atoms with van der Waals surface area (Å²) < 4.78 is 13.6. The predicted molar refractivity (Wildman–Crippen MR) is 84.9 cm³/mol. The topological polar surface area (TPSA) is 339 Å². The first-order chi connectivity index (χ1) is 11.3. The zero-order chi connectivity index (χ0) is 21.0. The van der Waals surface area contributed by atoms with Gasteiger partial charge in [0, 0.05) is 0 Å². The summed E-state index contributed by atoms with van der Waals surface area (Å²) in [4.78, 5) is 34.7. The number of esters is 3. The highest BCUT2D eigenvalue weighted by atomic mass is 16.6. The van der Waals surface area contributed by atoms with Crippen molar-refractivity contribution in [3.63, 3.8) is 0 Å². The molecule has 0 saturated heterocycles. The minimum Gasteiger partial charge on any atom is -0.430 e. The average Bonchev–Trinajstić information content (AvgIpc) is 2.16. The van der Waals surface area contributed by atoms with Gasteiger partial charge in [-0.3, -0.25) is 54.5 Å². The van der Waals surface area contributed by atoms with Crippen molar-refractivity contribution in [3.05, 3.63) is 0 Å². The van der Waals surface area contributed by atoms with Crippen molar-refractivity contribution in [1.29, 1.82) is 0 Å². The molecule has 0 fully saturated rings. The van der Waals surface area contributed by atoms with Crippen LogP contribution in [0.1, 0.15) is 19.3 Å². The number of ether oxygens (including phenoxy) is 3. The van der Waals surface area contributed by atoms with Gasteiger partial charge in [0.2, 0.25) is 11.7 Å². The molecule has 152 valence electrons. The molecule has 0 spiro atoms. The third kappa shape index (κ3) is 12.4. The fourth-order valence-corrected chi connectivity index (χ4v) is 1.50. The van der Waals surface area contributed by atoms with Gasteiger partial charge in [-0.05, 0) is 0 Å². The van der Waals surface area contributed by atoms with Crippen molar-refractivity contribution >= 4 is 17.9 Å². The molecule has 0 amide bonds. The van der Waals surface area contributed by atoms with Crippen molar-refractivity contribution in [2.24, 2.45) is 57.3 Å². The highest BCUT2D eigenvalue weighted by Crippen LogP contribution is 2.11. The van der Waals surface area contributed by atoms with Gasteiger partial charge in [-0.25, -0.2) is 0 Å². The number of rotatable bonds is 9. The molecule has 20 N–H and O–H groups in total. The molecule has 0 bridgehead atoms. The van der Waals surface area contributed by atoms with Crippen LogP contribution in [0.15, 0.2) is 0 Å². The molecule has 16 nitrogen and oxygen atoms in total. The molecule has 26 heavy (non-hydrogen) atoms. The maximum Gasteiger partial charge on any atom is 0.316 e. The molecule has 0 aromatic carbocycles. The van der Waals surface area contributed by atoms with Gasteiger partial charge in [0.05, 0.1) is 6.42 Å². The van der Waals surface area contributed by atoms with E-state index in [1.807, 2.05) is 0 Å². The molecule has 0 aliphatic rings. The lowest BCUT2D eigenvalue weighted by Gasteiger charge is -2.29. The van der Waals surface area contributed by atoms with E-state index in [0.29, 0.717) is 0 Å². The summed E-state index contributed by atoms with van der Waals surface area (Å²) in [5.41, 5.74) is 52.4. The Hall–Kier alpha value is -1.99. The van der Waals surface area contributed by atoms with Crippen molar-refractivity contribution in [2.45, 2.75) is 42.7 Å². The number of carbonyl (C=O) groups is 3. The first kappa shape index (κ1) is 24.0. The molecular weight excluding hydrogens is 356 g/mol. The normalized spacial score (nSPS) is 13.2. The van der Waals surface area contributed by atoms with Crippen molar-refractivity contribution < 1.29 is 28.6 Å². The van der Waals surface area contributed by atoms with E-state index < -0.39 is 60.6 Å². The van der Waals surface area contributed by atoms with Crippen LogP contribution >= 0.6 is 0 Å². The summed E-state index contributed by atoms with van der Waals surface area (Å²) in [6.45, 7) is 0. The largest absolute Gasteiger partial charge is 0.430 e. The van der Waals surface area contributed by atoms with E-state index in [0.717, 1.165) is 0 Å². The Morgan fingerprint density at radius 3 is 1.15 bits per heavy atom. The molecule has 0 rings (SSSR count). The van der Waals surface area contributed by atoms with Gasteiger partial charge < -0.3 is 31.4 Å². The van der Waals surface area contributed by atoms with E-state index in [2.05, 4.69) is 14.2 Å². The third-order valence-electron chi connectivity index (χ3n) is 2.19. The number of carbonyl (C=O) groups excluding carboxylic acids is 3. The highest BCUT2D eigenvalue weighted by molar-refractivity contribution is 5.75. The number of nitrogens with two attached hydrogens (primary N) is 10. The lowest BCUT2D eigenvalue weighted by molar-refractivity contribution is -0.177. The molecule has 0 saturated carbocycles. The summed E-state index contributed by atoms with van der Waals surface area (Å²) in [5, 5.41) is 0. The van der Waals surface area contributed by atoms with Crippen LogP contribution in [0.25, 0.3) is 0 Å². The molecule has 0 aliphatic carbocycles.